The fraction of sp³-hybridized carbons (Fsp3) is 0.135. The van der Waals surface area contributed by atoms with Crippen molar-refractivity contribution >= 4 is 16.8 Å². The summed E-state index contributed by atoms with van der Waals surface area (Å²) in [6.07, 6.45) is 3.77. The number of pyridine rings is 1. The number of halogens is 2. The van der Waals surface area contributed by atoms with Crippen molar-refractivity contribution in [3.05, 3.63) is 155 Å². The van der Waals surface area contributed by atoms with Crippen LogP contribution in [0, 0.1) is 18.6 Å². The molecule has 4 aromatic carbocycles. The number of aryl methyl sites for hydroxylation is 1. The predicted molar refractivity (Wildman–Crippen MR) is 168 cm³/mol. The van der Waals surface area contributed by atoms with Crippen molar-refractivity contribution in [2.75, 3.05) is 0 Å². The second-order valence-electron chi connectivity index (χ2n) is 10.9. The van der Waals surface area contributed by atoms with Gasteiger partial charge in [0.1, 0.15) is 24.0 Å². The molecule has 2 N–H and O–H groups in total. The van der Waals surface area contributed by atoms with Gasteiger partial charge in [0.05, 0.1) is 18.2 Å². The number of aromatic amines is 1. The van der Waals surface area contributed by atoms with Gasteiger partial charge in [-0.1, -0.05) is 54.6 Å². The molecule has 0 aliphatic rings. The third-order valence-corrected chi connectivity index (χ3v) is 7.52. The molecule has 0 saturated heterocycles. The highest BCUT2D eigenvalue weighted by Gasteiger charge is 2.22. The molecule has 7 heteroatoms. The predicted octanol–water partition coefficient (Wildman–Crippen LogP) is 8.04. The number of H-pyrrole nitrogens is 1. The van der Waals surface area contributed by atoms with E-state index in [1.165, 1.54) is 24.3 Å². The van der Waals surface area contributed by atoms with E-state index in [0.717, 1.165) is 33.3 Å². The number of hydrogen-bond acceptors (Lipinski definition) is 3. The molecule has 0 bridgehead atoms. The van der Waals surface area contributed by atoms with Crippen molar-refractivity contribution < 1.29 is 18.3 Å². The summed E-state index contributed by atoms with van der Waals surface area (Å²) in [6, 6.07) is 30.2. The molecule has 0 saturated carbocycles. The first-order valence-corrected chi connectivity index (χ1v) is 14.4. The van der Waals surface area contributed by atoms with Crippen LogP contribution < -0.4 is 10.1 Å². The number of fused-ring (bicyclic) bond motifs is 1. The van der Waals surface area contributed by atoms with Crippen LogP contribution in [0.5, 0.6) is 5.75 Å². The Bertz CT molecular complexity index is 1900. The molecule has 44 heavy (non-hydrogen) atoms. The number of nitrogens with one attached hydrogen (secondary N) is 2. The van der Waals surface area contributed by atoms with Crippen molar-refractivity contribution in [3.63, 3.8) is 0 Å². The van der Waals surface area contributed by atoms with Crippen LogP contribution in [0.2, 0.25) is 0 Å². The molecule has 1 atom stereocenters. The van der Waals surface area contributed by atoms with E-state index in [0.29, 0.717) is 35.4 Å². The van der Waals surface area contributed by atoms with Gasteiger partial charge in [-0.3, -0.25) is 9.78 Å². The molecule has 0 spiro atoms. The van der Waals surface area contributed by atoms with E-state index in [9.17, 15) is 13.6 Å². The van der Waals surface area contributed by atoms with Crippen LogP contribution >= 0.6 is 0 Å². The Morgan fingerprint density at radius 1 is 0.886 bits per heavy atom. The maximum Gasteiger partial charge on any atom is 0.225 e. The zero-order chi connectivity index (χ0) is 30.5. The molecule has 2 heterocycles. The summed E-state index contributed by atoms with van der Waals surface area (Å²) in [6.45, 7) is 2.27. The first kappa shape index (κ1) is 28.8. The molecule has 0 radical (unpaired) electrons. The summed E-state index contributed by atoms with van der Waals surface area (Å²) >= 11 is 0. The number of hydrogen-bond donors (Lipinski definition) is 2. The van der Waals surface area contributed by atoms with E-state index in [4.69, 9.17) is 9.72 Å². The van der Waals surface area contributed by atoms with Gasteiger partial charge < -0.3 is 15.0 Å². The fourth-order valence-electron chi connectivity index (χ4n) is 5.53. The minimum atomic E-state index is -0.573. The largest absolute Gasteiger partial charge is 0.489 e. The molecule has 6 rings (SSSR count). The van der Waals surface area contributed by atoms with E-state index in [1.54, 1.807) is 18.5 Å². The number of carbonyl (C=O) groups excluding carboxylic acids is 1. The first-order valence-electron chi connectivity index (χ1n) is 14.4. The van der Waals surface area contributed by atoms with Gasteiger partial charge in [-0.15, -0.1) is 0 Å². The fourth-order valence-corrected chi connectivity index (χ4v) is 5.53. The van der Waals surface area contributed by atoms with Crippen LogP contribution in [-0.2, 0) is 24.2 Å². The summed E-state index contributed by atoms with van der Waals surface area (Å²) in [5, 5.41) is 3.80. The first-order chi connectivity index (χ1) is 21.4. The molecule has 220 valence electrons. The zero-order valence-electron chi connectivity index (χ0n) is 24.2. The Kier molecular flexibility index (Phi) is 8.46. The smallest absolute Gasteiger partial charge is 0.225 e. The van der Waals surface area contributed by atoms with Crippen LogP contribution in [0.1, 0.15) is 34.0 Å². The minimum Gasteiger partial charge on any atom is -0.489 e. The Balaban J connectivity index is 1.31. The molecule has 0 aliphatic carbocycles. The van der Waals surface area contributed by atoms with Crippen molar-refractivity contribution in [1.29, 1.82) is 0 Å². The second kappa shape index (κ2) is 12.9. The highest BCUT2D eigenvalue weighted by molar-refractivity contribution is 5.89. The number of aromatic nitrogens is 2. The molecule has 0 fully saturated rings. The van der Waals surface area contributed by atoms with Crippen molar-refractivity contribution in [2.24, 2.45) is 0 Å². The average Bonchev–Trinajstić information content (AvgIpc) is 3.41. The molecule has 1 amide bonds. The summed E-state index contributed by atoms with van der Waals surface area (Å²) in [5.74, 6) is -0.263. The Labute approximate surface area is 254 Å². The summed E-state index contributed by atoms with van der Waals surface area (Å²) in [4.78, 5) is 21.4. The standard InChI is InChI=1S/C37H31F2N3O2/c1-24-15-26(17-30(39)16-24)18-35(42-36(43)20-28-22-41-34-13-12-29(38)21-33(28)34)37-32(11-6-14-40-37)27-9-5-10-31(19-27)44-23-25-7-3-2-4-8-25/h2-17,19,21-22,35,41H,18,20,23H2,1H3,(H,42,43)/t35-/m0/s1. The number of benzene rings is 4. The Hall–Kier alpha value is -5.30. The molecule has 5 nitrogen and oxygen atoms in total. The van der Waals surface area contributed by atoms with E-state index in [-0.39, 0.29) is 24.0 Å². The number of rotatable bonds is 10. The van der Waals surface area contributed by atoms with Gasteiger partial charge in [0.15, 0.2) is 0 Å². The van der Waals surface area contributed by atoms with Gasteiger partial charge in [0.25, 0.3) is 0 Å². The quantitative estimate of drug-likeness (QED) is 0.171. The molecule has 6 aromatic rings. The van der Waals surface area contributed by atoms with Gasteiger partial charge >= 0.3 is 0 Å². The minimum absolute atomic E-state index is 0.0348. The maximum absolute atomic E-state index is 14.4. The van der Waals surface area contributed by atoms with Gasteiger partial charge in [-0.25, -0.2) is 8.78 Å². The lowest BCUT2D eigenvalue weighted by Crippen LogP contribution is -2.32. The Morgan fingerprint density at radius 2 is 1.75 bits per heavy atom. The topological polar surface area (TPSA) is 67.0 Å². The number of amides is 1. The Morgan fingerprint density at radius 3 is 2.59 bits per heavy atom. The van der Waals surface area contributed by atoms with Crippen molar-refractivity contribution in [1.82, 2.24) is 15.3 Å². The highest BCUT2D eigenvalue weighted by atomic mass is 19.1. The van der Waals surface area contributed by atoms with Gasteiger partial charge in [-0.2, -0.15) is 0 Å². The zero-order valence-corrected chi connectivity index (χ0v) is 24.2. The van der Waals surface area contributed by atoms with Crippen LogP contribution in [0.15, 0.2) is 116 Å². The van der Waals surface area contributed by atoms with Crippen LogP contribution in [0.4, 0.5) is 8.78 Å². The van der Waals surface area contributed by atoms with Crippen molar-refractivity contribution in [3.8, 4) is 16.9 Å². The summed E-state index contributed by atoms with van der Waals surface area (Å²) < 4.78 is 34.5. The average molecular weight is 588 g/mol. The maximum atomic E-state index is 14.4. The van der Waals surface area contributed by atoms with Crippen molar-refractivity contribution in [2.45, 2.75) is 32.4 Å². The van der Waals surface area contributed by atoms with E-state index < -0.39 is 6.04 Å². The normalized spacial score (nSPS) is 11.8. The molecule has 0 unspecified atom stereocenters. The lowest BCUT2D eigenvalue weighted by molar-refractivity contribution is -0.121. The lowest BCUT2D eigenvalue weighted by atomic mass is 9.94. The molecule has 2 aromatic heterocycles. The number of ether oxygens (including phenoxy) is 1. The van der Waals surface area contributed by atoms with Gasteiger partial charge in [0.2, 0.25) is 5.91 Å². The summed E-state index contributed by atoms with van der Waals surface area (Å²) in [5.41, 5.74) is 6.36. The lowest BCUT2D eigenvalue weighted by Gasteiger charge is -2.22. The van der Waals surface area contributed by atoms with Crippen LogP contribution in [0.25, 0.3) is 22.0 Å². The third-order valence-electron chi connectivity index (χ3n) is 7.52. The molecular weight excluding hydrogens is 556 g/mol. The highest BCUT2D eigenvalue weighted by Crippen LogP contribution is 2.32. The monoisotopic (exact) mass is 587 g/mol. The van der Waals surface area contributed by atoms with E-state index in [2.05, 4.69) is 10.3 Å². The van der Waals surface area contributed by atoms with E-state index >= 15 is 0 Å². The SMILES string of the molecule is Cc1cc(F)cc(C[C@H](NC(=O)Cc2c[nH]c3ccc(F)cc23)c2ncccc2-c2cccc(OCc3ccccc3)c2)c1. The molecule has 0 aliphatic heterocycles. The number of carbonyl (C=O) groups is 1. The number of nitrogens with zero attached hydrogens (tertiary/aromatic N) is 1. The van der Waals surface area contributed by atoms with Crippen LogP contribution in [0.3, 0.4) is 0 Å². The van der Waals surface area contributed by atoms with Gasteiger partial charge in [0, 0.05) is 28.9 Å². The second-order valence-corrected chi connectivity index (χ2v) is 10.9. The third kappa shape index (κ3) is 6.84. The summed E-state index contributed by atoms with van der Waals surface area (Å²) in [7, 11) is 0. The van der Waals surface area contributed by atoms with Crippen LogP contribution in [-0.4, -0.2) is 15.9 Å². The van der Waals surface area contributed by atoms with Gasteiger partial charge in [-0.05, 0) is 89.7 Å². The van der Waals surface area contributed by atoms with E-state index in [1.807, 2.05) is 79.7 Å². The molecular formula is C37H31F2N3O2.